The van der Waals surface area contributed by atoms with Crippen LogP contribution in [-0.2, 0) is 0 Å². The number of aromatic amines is 1. The van der Waals surface area contributed by atoms with Gasteiger partial charge in [-0.1, -0.05) is 0 Å². The number of piperazine rings is 1. The van der Waals surface area contributed by atoms with E-state index in [1.807, 2.05) is 24.3 Å². The van der Waals surface area contributed by atoms with E-state index in [2.05, 4.69) is 37.1 Å². The number of fused-ring (bicyclic) bond motifs is 1. The molecule has 1 fully saturated rings. The van der Waals surface area contributed by atoms with Crippen LogP contribution in [0.5, 0.6) is 0 Å². The Balaban J connectivity index is 1.47. The summed E-state index contributed by atoms with van der Waals surface area (Å²) >= 11 is 0. The highest BCUT2D eigenvalue weighted by atomic mass is 16.1. The van der Waals surface area contributed by atoms with Gasteiger partial charge < -0.3 is 20.1 Å². The van der Waals surface area contributed by atoms with E-state index in [-0.39, 0.29) is 5.91 Å². The van der Waals surface area contributed by atoms with E-state index in [4.69, 9.17) is 0 Å². The molecule has 3 aromatic rings. The van der Waals surface area contributed by atoms with Gasteiger partial charge >= 0.3 is 0 Å². The Bertz CT molecular complexity index is 880. The van der Waals surface area contributed by atoms with E-state index in [0.717, 1.165) is 37.3 Å². The minimum absolute atomic E-state index is 0.144. The number of hydrogen-bond donors (Lipinski definition) is 2. The van der Waals surface area contributed by atoms with Crippen molar-refractivity contribution in [2.45, 2.75) is 0 Å². The molecule has 1 amide bonds. The van der Waals surface area contributed by atoms with Gasteiger partial charge in [0.25, 0.3) is 5.91 Å². The van der Waals surface area contributed by atoms with E-state index in [1.54, 1.807) is 12.4 Å². The number of rotatable bonds is 3. The molecule has 2 N–H and O–H groups in total. The molecular formula is C18H20N6O. The number of H-pyrrole nitrogens is 1. The highest BCUT2D eigenvalue weighted by Crippen LogP contribution is 2.22. The fraction of sp³-hybridized carbons (Fsp3) is 0.278. The van der Waals surface area contributed by atoms with E-state index in [9.17, 15) is 4.79 Å². The molecular weight excluding hydrogens is 316 g/mol. The Labute approximate surface area is 145 Å². The SMILES string of the molecule is CN1CCN(c2ccc(C(=O)Nc3c[nH]c4ncncc34)cc2)CC1. The molecule has 0 saturated carbocycles. The van der Waals surface area contributed by atoms with Crippen LogP contribution in [0.15, 0.2) is 43.0 Å². The zero-order chi connectivity index (χ0) is 17.2. The van der Waals surface area contributed by atoms with Crippen molar-refractivity contribution in [3.05, 3.63) is 48.5 Å². The third-order valence-electron chi connectivity index (χ3n) is 4.60. The predicted octanol–water partition coefficient (Wildman–Crippen LogP) is 1.96. The van der Waals surface area contributed by atoms with E-state index >= 15 is 0 Å². The quantitative estimate of drug-likeness (QED) is 0.765. The van der Waals surface area contributed by atoms with Crippen molar-refractivity contribution < 1.29 is 4.79 Å². The average Bonchev–Trinajstić information content (AvgIpc) is 3.06. The lowest BCUT2D eigenvalue weighted by Crippen LogP contribution is -2.44. The number of carbonyl (C=O) groups is 1. The summed E-state index contributed by atoms with van der Waals surface area (Å²) in [7, 11) is 2.14. The highest BCUT2D eigenvalue weighted by molar-refractivity contribution is 6.08. The van der Waals surface area contributed by atoms with Crippen molar-refractivity contribution >= 4 is 28.3 Å². The fourth-order valence-electron chi connectivity index (χ4n) is 3.05. The largest absolute Gasteiger partial charge is 0.369 e. The monoisotopic (exact) mass is 336 g/mol. The third-order valence-corrected chi connectivity index (χ3v) is 4.60. The number of anilines is 2. The molecule has 0 atom stereocenters. The molecule has 0 bridgehead atoms. The van der Waals surface area contributed by atoms with Gasteiger partial charge in [-0.05, 0) is 31.3 Å². The smallest absolute Gasteiger partial charge is 0.255 e. The number of benzene rings is 1. The first-order valence-electron chi connectivity index (χ1n) is 8.33. The molecule has 1 aliphatic heterocycles. The van der Waals surface area contributed by atoms with Gasteiger partial charge in [0.2, 0.25) is 0 Å². The Kier molecular flexibility index (Phi) is 4.07. The number of nitrogens with one attached hydrogen (secondary N) is 2. The van der Waals surface area contributed by atoms with Crippen LogP contribution in [0.2, 0.25) is 0 Å². The van der Waals surface area contributed by atoms with E-state index in [0.29, 0.717) is 16.9 Å². The lowest BCUT2D eigenvalue weighted by molar-refractivity contribution is 0.102. The van der Waals surface area contributed by atoms with Crippen LogP contribution < -0.4 is 10.2 Å². The summed E-state index contributed by atoms with van der Waals surface area (Å²) in [6.45, 7) is 4.14. The van der Waals surface area contributed by atoms with Crippen LogP contribution in [0.4, 0.5) is 11.4 Å². The lowest BCUT2D eigenvalue weighted by atomic mass is 10.1. The number of hydrogen-bond acceptors (Lipinski definition) is 5. The van der Waals surface area contributed by atoms with Gasteiger partial charge in [0.1, 0.15) is 12.0 Å². The normalized spacial score (nSPS) is 15.5. The zero-order valence-corrected chi connectivity index (χ0v) is 14.1. The fourth-order valence-corrected chi connectivity index (χ4v) is 3.05. The van der Waals surface area contributed by atoms with Crippen LogP contribution >= 0.6 is 0 Å². The molecule has 25 heavy (non-hydrogen) atoms. The molecule has 0 radical (unpaired) electrons. The van der Waals surface area contributed by atoms with Crippen LogP contribution in [0.1, 0.15) is 10.4 Å². The number of amides is 1. The van der Waals surface area contributed by atoms with Gasteiger partial charge in [-0.3, -0.25) is 4.79 Å². The number of carbonyl (C=O) groups excluding carboxylic acids is 1. The highest BCUT2D eigenvalue weighted by Gasteiger charge is 2.15. The van der Waals surface area contributed by atoms with Gasteiger partial charge in [0.05, 0.1) is 11.1 Å². The molecule has 128 valence electrons. The molecule has 0 aliphatic carbocycles. The Morgan fingerprint density at radius 2 is 1.92 bits per heavy atom. The number of likely N-dealkylation sites (N-methyl/N-ethyl adjacent to an activating group) is 1. The van der Waals surface area contributed by atoms with Crippen LogP contribution in [0.25, 0.3) is 11.0 Å². The topological polar surface area (TPSA) is 77.1 Å². The molecule has 4 rings (SSSR count). The van der Waals surface area contributed by atoms with Crippen LogP contribution in [0, 0.1) is 0 Å². The summed E-state index contributed by atoms with van der Waals surface area (Å²) in [5.74, 6) is -0.144. The summed E-state index contributed by atoms with van der Waals surface area (Å²) in [6, 6.07) is 7.76. The lowest BCUT2D eigenvalue weighted by Gasteiger charge is -2.34. The van der Waals surface area contributed by atoms with Crippen LogP contribution in [-0.4, -0.2) is 59.0 Å². The Morgan fingerprint density at radius 3 is 2.68 bits per heavy atom. The van der Waals surface area contributed by atoms with Crippen molar-refractivity contribution in [1.29, 1.82) is 0 Å². The average molecular weight is 336 g/mol. The second-order valence-corrected chi connectivity index (χ2v) is 6.28. The predicted molar refractivity (Wildman–Crippen MR) is 98.0 cm³/mol. The third kappa shape index (κ3) is 3.18. The van der Waals surface area contributed by atoms with Crippen molar-refractivity contribution in [3.8, 4) is 0 Å². The molecule has 1 aromatic carbocycles. The number of nitrogens with zero attached hydrogens (tertiary/aromatic N) is 4. The maximum atomic E-state index is 12.5. The first-order chi connectivity index (χ1) is 12.2. The molecule has 1 aliphatic rings. The second kappa shape index (κ2) is 6.52. The molecule has 2 aromatic heterocycles. The molecule has 7 heteroatoms. The first kappa shape index (κ1) is 15.6. The number of aromatic nitrogens is 3. The second-order valence-electron chi connectivity index (χ2n) is 6.28. The van der Waals surface area contributed by atoms with Crippen molar-refractivity contribution in [2.75, 3.05) is 43.4 Å². The summed E-state index contributed by atoms with van der Waals surface area (Å²) in [5.41, 5.74) is 3.17. The van der Waals surface area contributed by atoms with Gasteiger partial charge in [0.15, 0.2) is 0 Å². The van der Waals surface area contributed by atoms with Crippen molar-refractivity contribution in [2.24, 2.45) is 0 Å². The Morgan fingerprint density at radius 1 is 1.16 bits per heavy atom. The van der Waals surface area contributed by atoms with Gasteiger partial charge in [-0.15, -0.1) is 0 Å². The zero-order valence-electron chi connectivity index (χ0n) is 14.1. The summed E-state index contributed by atoms with van der Waals surface area (Å²) in [6.07, 6.45) is 4.89. The Hall–Kier alpha value is -2.93. The summed E-state index contributed by atoms with van der Waals surface area (Å²) < 4.78 is 0. The molecule has 1 saturated heterocycles. The van der Waals surface area contributed by atoms with Crippen LogP contribution in [0.3, 0.4) is 0 Å². The molecule has 0 unspecified atom stereocenters. The minimum atomic E-state index is -0.144. The molecule has 3 heterocycles. The standard InChI is InChI=1S/C18H20N6O/c1-23-6-8-24(9-7-23)14-4-2-13(3-5-14)18(25)22-16-11-20-17-15(16)10-19-12-21-17/h2-5,10-12H,6-9H2,1H3,(H,22,25)(H,19,20,21). The summed E-state index contributed by atoms with van der Waals surface area (Å²) in [4.78, 5) is 28.3. The van der Waals surface area contributed by atoms with E-state index < -0.39 is 0 Å². The minimum Gasteiger partial charge on any atom is -0.369 e. The molecule has 7 nitrogen and oxygen atoms in total. The molecule has 0 spiro atoms. The van der Waals surface area contributed by atoms with Crippen molar-refractivity contribution in [1.82, 2.24) is 19.9 Å². The van der Waals surface area contributed by atoms with E-state index in [1.165, 1.54) is 6.33 Å². The first-order valence-corrected chi connectivity index (χ1v) is 8.33. The van der Waals surface area contributed by atoms with Gasteiger partial charge in [-0.2, -0.15) is 0 Å². The van der Waals surface area contributed by atoms with Crippen molar-refractivity contribution in [3.63, 3.8) is 0 Å². The summed E-state index contributed by atoms with van der Waals surface area (Å²) in [5, 5.41) is 3.71. The maximum absolute atomic E-state index is 12.5. The van der Waals surface area contributed by atoms with Gasteiger partial charge in [-0.25, -0.2) is 9.97 Å². The van der Waals surface area contributed by atoms with Gasteiger partial charge in [0, 0.05) is 49.8 Å². The maximum Gasteiger partial charge on any atom is 0.255 e.